The van der Waals surface area contributed by atoms with E-state index in [0.717, 1.165) is 17.4 Å². The third-order valence-corrected chi connectivity index (χ3v) is 6.49. The van der Waals surface area contributed by atoms with E-state index in [4.69, 9.17) is 5.11 Å². The second-order valence-electron chi connectivity index (χ2n) is 3.67. The molecule has 0 aliphatic carbocycles. The summed E-state index contributed by atoms with van der Waals surface area (Å²) in [7, 11) is -7.41. The van der Waals surface area contributed by atoms with Crippen LogP contribution in [0.5, 0.6) is 0 Å². The van der Waals surface area contributed by atoms with Crippen LogP contribution in [-0.4, -0.2) is 46.8 Å². The summed E-state index contributed by atoms with van der Waals surface area (Å²) < 4.78 is 50.4. The molecule has 1 rings (SSSR count). The molecule has 0 saturated carbocycles. The Balaban J connectivity index is 2.68. The Kier molecular flexibility index (Phi) is 5.65. The predicted molar refractivity (Wildman–Crippen MR) is 73.9 cm³/mol. The first-order chi connectivity index (χ1) is 9.18. The third-order valence-electron chi connectivity index (χ3n) is 2.11. The van der Waals surface area contributed by atoms with E-state index >= 15 is 0 Å². The molecule has 0 aliphatic heterocycles. The van der Waals surface area contributed by atoms with Gasteiger partial charge in [-0.05, 0) is 6.07 Å². The van der Waals surface area contributed by atoms with E-state index < -0.39 is 31.8 Å². The van der Waals surface area contributed by atoms with Crippen LogP contribution in [0.1, 0.15) is 17.3 Å². The van der Waals surface area contributed by atoms with Crippen LogP contribution < -0.4 is 9.44 Å². The topological polar surface area (TPSA) is 130 Å². The van der Waals surface area contributed by atoms with Gasteiger partial charge in [-0.2, -0.15) is 0 Å². The molecule has 8 nitrogen and oxygen atoms in total. The lowest BCUT2D eigenvalue weighted by molar-refractivity contribution is 0.0697. The summed E-state index contributed by atoms with van der Waals surface area (Å²) in [6, 6.07) is 1.02. The summed E-state index contributed by atoms with van der Waals surface area (Å²) in [5, 5.41) is 9.91. The lowest BCUT2D eigenvalue weighted by atomic mass is 10.4. The number of carboxylic acids is 1. The number of rotatable bonds is 8. The van der Waals surface area contributed by atoms with Gasteiger partial charge in [0, 0.05) is 18.5 Å². The van der Waals surface area contributed by atoms with Gasteiger partial charge >= 0.3 is 5.97 Å². The summed E-state index contributed by atoms with van der Waals surface area (Å²) in [5.41, 5.74) is -0.129. The Bertz CT molecular complexity index is 676. The highest BCUT2D eigenvalue weighted by Gasteiger charge is 2.19. The van der Waals surface area contributed by atoms with Gasteiger partial charge in [-0.1, -0.05) is 6.92 Å². The largest absolute Gasteiger partial charge is 0.478 e. The van der Waals surface area contributed by atoms with Crippen molar-refractivity contribution >= 4 is 37.4 Å². The van der Waals surface area contributed by atoms with Crippen molar-refractivity contribution < 1.29 is 26.7 Å². The first-order valence-electron chi connectivity index (χ1n) is 5.47. The van der Waals surface area contributed by atoms with Gasteiger partial charge in [0.2, 0.25) is 20.0 Å². The molecule has 0 amide bonds. The lowest BCUT2D eigenvalue weighted by Crippen LogP contribution is -2.34. The van der Waals surface area contributed by atoms with Crippen LogP contribution in [0.25, 0.3) is 0 Å². The molecule has 0 aliphatic rings. The van der Waals surface area contributed by atoms with Crippen LogP contribution in [-0.2, 0) is 20.0 Å². The molecule has 114 valence electrons. The molecule has 0 bridgehead atoms. The second kappa shape index (κ2) is 6.63. The van der Waals surface area contributed by atoms with Gasteiger partial charge in [0.1, 0.15) is 4.21 Å². The molecule has 3 N–H and O–H groups in total. The van der Waals surface area contributed by atoms with E-state index in [1.165, 1.54) is 5.38 Å². The first-order valence-corrected chi connectivity index (χ1v) is 9.48. The van der Waals surface area contributed by atoms with E-state index in [1.807, 2.05) is 0 Å². The van der Waals surface area contributed by atoms with Crippen LogP contribution in [0.2, 0.25) is 0 Å². The van der Waals surface area contributed by atoms with Crippen molar-refractivity contribution in [1.82, 2.24) is 9.44 Å². The highest BCUT2D eigenvalue weighted by molar-refractivity contribution is 7.91. The fourth-order valence-corrected chi connectivity index (χ4v) is 4.56. The molecule has 0 spiro atoms. The van der Waals surface area contributed by atoms with Gasteiger partial charge in [0.15, 0.2) is 0 Å². The van der Waals surface area contributed by atoms with Crippen molar-refractivity contribution in [2.24, 2.45) is 0 Å². The fourth-order valence-electron chi connectivity index (χ4n) is 1.24. The fraction of sp³-hybridized carbons (Fsp3) is 0.444. The summed E-state index contributed by atoms with van der Waals surface area (Å²) in [4.78, 5) is 10.7. The van der Waals surface area contributed by atoms with E-state index in [9.17, 15) is 21.6 Å². The zero-order valence-corrected chi connectivity index (χ0v) is 12.9. The molecule has 0 radical (unpaired) electrons. The number of hydrogen-bond donors (Lipinski definition) is 3. The highest BCUT2D eigenvalue weighted by atomic mass is 32.2. The SMILES string of the molecule is CCNS(=O)(=O)CCNS(=O)(=O)c1cc(C(=O)O)cs1. The second-order valence-corrected chi connectivity index (χ2v) is 8.51. The average Bonchev–Trinajstić information content (AvgIpc) is 2.77. The minimum absolute atomic E-state index is 0.129. The Hall–Kier alpha value is -1.01. The smallest absolute Gasteiger partial charge is 0.336 e. The highest BCUT2D eigenvalue weighted by Crippen LogP contribution is 2.19. The summed E-state index contributed by atoms with van der Waals surface area (Å²) in [6.45, 7) is 1.54. The maximum atomic E-state index is 11.8. The summed E-state index contributed by atoms with van der Waals surface area (Å²) >= 11 is 0.757. The molecular weight excluding hydrogens is 328 g/mol. The van der Waals surface area contributed by atoms with E-state index in [1.54, 1.807) is 6.92 Å². The molecule has 0 fully saturated rings. The van der Waals surface area contributed by atoms with Crippen LogP contribution in [0.4, 0.5) is 0 Å². The maximum Gasteiger partial charge on any atom is 0.336 e. The Labute approximate surface area is 120 Å². The lowest BCUT2D eigenvalue weighted by Gasteiger charge is -2.06. The van der Waals surface area contributed by atoms with Crippen molar-refractivity contribution in [1.29, 1.82) is 0 Å². The Morgan fingerprint density at radius 2 is 1.95 bits per heavy atom. The number of thiophene rings is 1. The molecule has 1 heterocycles. The Morgan fingerprint density at radius 3 is 2.45 bits per heavy atom. The molecule has 20 heavy (non-hydrogen) atoms. The van der Waals surface area contributed by atoms with Gasteiger partial charge in [0.25, 0.3) is 0 Å². The zero-order chi connectivity index (χ0) is 15.4. The van der Waals surface area contributed by atoms with Gasteiger partial charge in [-0.25, -0.2) is 31.1 Å². The predicted octanol–water partition coefficient (Wildman–Crippen LogP) is -0.336. The Morgan fingerprint density at radius 1 is 1.30 bits per heavy atom. The van der Waals surface area contributed by atoms with Crippen LogP contribution >= 0.6 is 11.3 Å². The van der Waals surface area contributed by atoms with E-state index in [2.05, 4.69) is 9.44 Å². The monoisotopic (exact) mass is 342 g/mol. The van der Waals surface area contributed by atoms with Gasteiger partial charge < -0.3 is 5.11 Å². The number of sulfonamides is 2. The van der Waals surface area contributed by atoms with Gasteiger partial charge in [-0.15, -0.1) is 11.3 Å². The van der Waals surface area contributed by atoms with Crippen molar-refractivity contribution in [3.8, 4) is 0 Å². The van der Waals surface area contributed by atoms with Crippen molar-refractivity contribution in [2.45, 2.75) is 11.1 Å². The van der Waals surface area contributed by atoms with Crippen LogP contribution in [0.3, 0.4) is 0 Å². The molecule has 1 aromatic heterocycles. The zero-order valence-electron chi connectivity index (χ0n) is 10.5. The quantitative estimate of drug-likeness (QED) is 0.593. The first kappa shape index (κ1) is 17.0. The minimum atomic E-state index is -3.90. The van der Waals surface area contributed by atoms with Crippen LogP contribution in [0, 0.1) is 0 Å². The van der Waals surface area contributed by atoms with Crippen LogP contribution in [0.15, 0.2) is 15.7 Å². The number of hydrogen-bond acceptors (Lipinski definition) is 6. The standard InChI is InChI=1S/C9H14N2O6S3/c1-2-10-19(14,15)4-3-11-20(16,17)8-5-7(6-18-8)9(12)13/h5-6,10-11H,2-4H2,1H3,(H,12,13). The van der Waals surface area contributed by atoms with Gasteiger partial charge in [-0.3, -0.25) is 0 Å². The molecule has 11 heteroatoms. The molecule has 0 saturated heterocycles. The minimum Gasteiger partial charge on any atom is -0.478 e. The number of nitrogens with one attached hydrogen (secondary N) is 2. The van der Waals surface area contributed by atoms with E-state index in [-0.39, 0.29) is 22.9 Å². The molecule has 1 aromatic rings. The van der Waals surface area contributed by atoms with Crippen molar-refractivity contribution in [3.63, 3.8) is 0 Å². The molecule has 0 atom stereocenters. The van der Waals surface area contributed by atoms with Gasteiger partial charge in [0.05, 0.1) is 11.3 Å². The third kappa shape index (κ3) is 4.83. The van der Waals surface area contributed by atoms with Crippen molar-refractivity contribution in [3.05, 3.63) is 17.0 Å². The maximum absolute atomic E-state index is 11.8. The van der Waals surface area contributed by atoms with Crippen molar-refractivity contribution in [2.75, 3.05) is 18.8 Å². The average molecular weight is 342 g/mol. The van der Waals surface area contributed by atoms with E-state index in [0.29, 0.717) is 0 Å². The normalized spacial score (nSPS) is 12.4. The summed E-state index contributed by atoms with van der Waals surface area (Å²) in [6.07, 6.45) is 0. The number of aromatic carboxylic acids is 1. The molecule has 0 unspecified atom stereocenters. The molecular formula is C9H14N2O6S3. The number of carbonyl (C=O) groups is 1. The molecule has 0 aromatic carbocycles. The summed E-state index contributed by atoms with van der Waals surface area (Å²) in [5.74, 6) is -1.62. The number of carboxylic acid groups (broad SMARTS) is 1.